The summed E-state index contributed by atoms with van der Waals surface area (Å²) in [7, 11) is 3.13. The van der Waals surface area contributed by atoms with Crippen LogP contribution in [-0.4, -0.2) is 57.5 Å². The Morgan fingerprint density at radius 3 is 1.57 bits per heavy atom. The molecule has 0 bridgehead atoms. The molecule has 1 saturated heterocycles. The number of hydrogen-bond donors (Lipinski definition) is 0. The second-order valence-corrected chi connectivity index (χ2v) is 10.4. The maximum Gasteiger partial charge on any atom is 0.338 e. The summed E-state index contributed by atoms with van der Waals surface area (Å²) in [5.41, 5.74) is 3.38. The highest BCUT2D eigenvalue weighted by Crippen LogP contribution is 2.31. The number of hydrogen-bond acceptors (Lipinski definition) is 8. The summed E-state index contributed by atoms with van der Waals surface area (Å²) in [5, 5.41) is 0. The molecular formula is C36H38O8. The van der Waals surface area contributed by atoms with E-state index in [2.05, 4.69) is 0 Å². The Kier molecular flexibility index (Phi) is 11.5. The van der Waals surface area contributed by atoms with Crippen LogP contribution >= 0.6 is 0 Å². The lowest BCUT2D eigenvalue weighted by Crippen LogP contribution is -2.61. The fraction of sp³-hybridized carbons (Fsp3) is 0.306. The Hall–Kier alpha value is -4.05. The Morgan fingerprint density at radius 2 is 1.09 bits per heavy atom. The first-order valence-corrected chi connectivity index (χ1v) is 14.6. The molecule has 1 aliphatic rings. The second kappa shape index (κ2) is 16.1. The fourth-order valence-corrected chi connectivity index (χ4v) is 5.04. The maximum atomic E-state index is 13.0. The predicted octanol–water partition coefficient (Wildman–Crippen LogP) is 5.98. The van der Waals surface area contributed by atoms with E-state index in [-0.39, 0.29) is 6.61 Å². The molecule has 0 aliphatic carbocycles. The first kappa shape index (κ1) is 31.4. The van der Waals surface area contributed by atoms with E-state index in [1.807, 2.05) is 91.0 Å². The van der Waals surface area contributed by atoms with E-state index in [1.165, 1.54) is 0 Å². The van der Waals surface area contributed by atoms with Crippen molar-refractivity contribution in [1.29, 1.82) is 0 Å². The molecule has 0 saturated carbocycles. The van der Waals surface area contributed by atoms with Crippen LogP contribution in [0.1, 0.15) is 27.0 Å². The Labute approximate surface area is 258 Å². The topological polar surface area (TPSA) is 81.7 Å². The van der Waals surface area contributed by atoms with E-state index in [1.54, 1.807) is 38.5 Å². The van der Waals surface area contributed by atoms with Crippen LogP contribution in [0.5, 0.6) is 5.75 Å². The molecular weight excluding hydrogens is 560 g/mol. The van der Waals surface area contributed by atoms with Crippen LogP contribution in [0, 0.1) is 0 Å². The van der Waals surface area contributed by atoms with Crippen molar-refractivity contribution >= 4 is 5.97 Å². The average Bonchev–Trinajstić information content (AvgIpc) is 3.09. The molecule has 8 nitrogen and oxygen atoms in total. The molecule has 4 aromatic carbocycles. The zero-order valence-electron chi connectivity index (χ0n) is 25.0. The third-order valence-corrected chi connectivity index (χ3v) is 7.38. The zero-order valence-corrected chi connectivity index (χ0v) is 25.0. The normalized spacial score (nSPS) is 21.5. The van der Waals surface area contributed by atoms with E-state index < -0.39 is 36.7 Å². The summed E-state index contributed by atoms with van der Waals surface area (Å²) in [5.74, 6) is 0.158. The fourth-order valence-electron chi connectivity index (χ4n) is 5.04. The van der Waals surface area contributed by atoms with Gasteiger partial charge in [0.15, 0.2) is 6.29 Å². The van der Waals surface area contributed by atoms with Crippen LogP contribution in [0.2, 0.25) is 0 Å². The van der Waals surface area contributed by atoms with E-state index in [0.717, 1.165) is 16.7 Å². The minimum atomic E-state index is -0.805. The molecule has 1 heterocycles. The van der Waals surface area contributed by atoms with E-state index in [9.17, 15) is 4.79 Å². The molecule has 0 spiro atoms. The van der Waals surface area contributed by atoms with Crippen molar-refractivity contribution in [1.82, 2.24) is 0 Å². The van der Waals surface area contributed by atoms with Crippen molar-refractivity contribution in [3.8, 4) is 5.75 Å². The van der Waals surface area contributed by atoms with Gasteiger partial charge >= 0.3 is 5.97 Å². The number of carbonyl (C=O) groups is 1. The van der Waals surface area contributed by atoms with Crippen LogP contribution in [0.15, 0.2) is 115 Å². The average molecular weight is 599 g/mol. The molecule has 5 unspecified atom stereocenters. The summed E-state index contributed by atoms with van der Waals surface area (Å²) in [6.45, 7) is 0.853. The molecule has 5 rings (SSSR count). The molecule has 0 aromatic heterocycles. The number of carbonyl (C=O) groups excluding carboxylic acids is 1. The summed E-state index contributed by atoms with van der Waals surface area (Å²) in [4.78, 5) is 13.0. The van der Waals surface area contributed by atoms with Crippen LogP contribution in [0.3, 0.4) is 0 Å². The Balaban J connectivity index is 1.40. The second-order valence-electron chi connectivity index (χ2n) is 10.4. The van der Waals surface area contributed by atoms with Crippen LogP contribution in [0.4, 0.5) is 0 Å². The van der Waals surface area contributed by atoms with Crippen molar-refractivity contribution < 1.29 is 38.0 Å². The summed E-state index contributed by atoms with van der Waals surface area (Å²) in [6, 6.07) is 36.4. The quantitative estimate of drug-likeness (QED) is 0.164. The minimum Gasteiger partial charge on any atom is -0.497 e. The monoisotopic (exact) mass is 598 g/mol. The van der Waals surface area contributed by atoms with Crippen LogP contribution < -0.4 is 4.74 Å². The molecule has 230 valence electrons. The summed E-state index contributed by atoms with van der Waals surface area (Å²) < 4.78 is 42.7. The molecule has 4 aromatic rings. The van der Waals surface area contributed by atoms with Crippen molar-refractivity contribution in [2.45, 2.75) is 50.5 Å². The lowest BCUT2D eigenvalue weighted by molar-refractivity contribution is -0.321. The third kappa shape index (κ3) is 8.53. The van der Waals surface area contributed by atoms with Crippen molar-refractivity contribution in [3.63, 3.8) is 0 Å². The molecule has 44 heavy (non-hydrogen) atoms. The van der Waals surface area contributed by atoms with Gasteiger partial charge in [-0.05, 0) is 41.0 Å². The highest BCUT2D eigenvalue weighted by molar-refractivity contribution is 5.89. The van der Waals surface area contributed by atoms with Gasteiger partial charge < -0.3 is 33.2 Å². The Bertz CT molecular complexity index is 1400. The van der Waals surface area contributed by atoms with Gasteiger partial charge in [-0.25, -0.2) is 4.79 Å². The maximum absolute atomic E-state index is 13.0. The molecule has 8 heteroatoms. The van der Waals surface area contributed by atoms with Gasteiger partial charge in [0.1, 0.15) is 36.8 Å². The molecule has 5 atom stereocenters. The predicted molar refractivity (Wildman–Crippen MR) is 164 cm³/mol. The number of esters is 1. The number of methoxy groups -OCH3 is 2. The molecule has 0 amide bonds. The number of benzene rings is 4. The first-order chi connectivity index (χ1) is 21.6. The lowest BCUT2D eigenvalue weighted by atomic mass is 9.97. The zero-order chi connectivity index (χ0) is 30.6. The highest BCUT2D eigenvalue weighted by Gasteiger charge is 2.49. The van der Waals surface area contributed by atoms with Gasteiger partial charge in [-0.15, -0.1) is 0 Å². The number of ether oxygens (including phenoxy) is 7. The van der Waals surface area contributed by atoms with E-state index in [0.29, 0.717) is 31.1 Å². The van der Waals surface area contributed by atoms with Crippen molar-refractivity contribution in [3.05, 3.63) is 138 Å². The summed E-state index contributed by atoms with van der Waals surface area (Å²) in [6.07, 6.45) is -3.43. The van der Waals surface area contributed by atoms with Crippen molar-refractivity contribution in [2.75, 3.05) is 20.8 Å². The van der Waals surface area contributed by atoms with Gasteiger partial charge in [-0.3, -0.25) is 0 Å². The van der Waals surface area contributed by atoms with Crippen molar-refractivity contribution in [2.24, 2.45) is 0 Å². The number of rotatable bonds is 14. The van der Waals surface area contributed by atoms with Gasteiger partial charge in [0.05, 0.1) is 32.5 Å². The van der Waals surface area contributed by atoms with Crippen LogP contribution in [-0.2, 0) is 48.2 Å². The smallest absolute Gasteiger partial charge is 0.338 e. The molecule has 0 N–H and O–H groups in total. The molecule has 1 aliphatic heterocycles. The summed E-state index contributed by atoms with van der Waals surface area (Å²) >= 11 is 0. The van der Waals surface area contributed by atoms with E-state index >= 15 is 0 Å². The SMILES string of the molecule is COc1ccc(C(=O)OCC2OC(OC)C(OCc3ccccc3)C(OCc3ccccc3)C2OCc2ccccc2)cc1. The third-order valence-electron chi connectivity index (χ3n) is 7.38. The van der Waals surface area contributed by atoms with E-state index in [4.69, 9.17) is 33.2 Å². The van der Waals surface area contributed by atoms with Crippen LogP contribution in [0.25, 0.3) is 0 Å². The molecule has 1 fully saturated rings. The van der Waals surface area contributed by atoms with Gasteiger partial charge in [0.25, 0.3) is 0 Å². The largest absolute Gasteiger partial charge is 0.497 e. The minimum absolute atomic E-state index is 0.0826. The van der Waals surface area contributed by atoms with Gasteiger partial charge in [0, 0.05) is 7.11 Å². The first-order valence-electron chi connectivity index (χ1n) is 14.6. The molecule has 0 radical (unpaired) electrons. The Morgan fingerprint density at radius 1 is 0.614 bits per heavy atom. The highest BCUT2D eigenvalue weighted by atomic mass is 16.7. The van der Waals surface area contributed by atoms with Gasteiger partial charge in [0.2, 0.25) is 0 Å². The van der Waals surface area contributed by atoms with Gasteiger partial charge in [-0.2, -0.15) is 0 Å². The van der Waals surface area contributed by atoms with Gasteiger partial charge in [-0.1, -0.05) is 91.0 Å². The lowest BCUT2D eigenvalue weighted by Gasteiger charge is -2.45. The standard InChI is InChI=1S/C36H38O8/c1-38-30-20-18-29(19-21-30)35(37)43-25-31-32(40-22-26-12-6-3-7-13-26)33(41-23-27-14-8-4-9-15-27)34(36(39-2)44-31)42-24-28-16-10-5-11-17-28/h3-21,31-34,36H,22-25H2,1-2H3.